The van der Waals surface area contributed by atoms with Crippen LogP contribution in [-0.2, 0) is 11.3 Å². The van der Waals surface area contributed by atoms with E-state index in [1.807, 2.05) is 31.2 Å². The van der Waals surface area contributed by atoms with Gasteiger partial charge in [0.15, 0.2) is 6.54 Å². The first-order valence-electron chi connectivity index (χ1n) is 9.41. The number of nitrogens with one attached hydrogen (secondary N) is 2. The monoisotopic (exact) mass is 381 g/mol. The quantitative estimate of drug-likeness (QED) is 0.548. The lowest BCUT2D eigenvalue weighted by atomic mass is 10.1. The molecular formula is C22H25N2O4+. The van der Waals surface area contributed by atoms with Crippen molar-refractivity contribution in [1.29, 1.82) is 0 Å². The predicted octanol–water partition coefficient (Wildman–Crippen LogP) is 2.24. The number of fused-ring (bicyclic) bond motifs is 1. The van der Waals surface area contributed by atoms with E-state index >= 15 is 0 Å². The molecule has 3 aromatic rings. The zero-order valence-electron chi connectivity index (χ0n) is 16.1. The Labute approximate surface area is 163 Å². The Hall–Kier alpha value is -3.12. The van der Waals surface area contributed by atoms with Gasteiger partial charge in [0.1, 0.15) is 17.9 Å². The molecule has 0 saturated heterocycles. The Bertz CT molecular complexity index is 1040. The molecule has 0 fully saturated rings. The number of carbonyl (C=O) groups is 1. The van der Waals surface area contributed by atoms with Gasteiger partial charge in [0, 0.05) is 28.8 Å². The van der Waals surface area contributed by atoms with Gasteiger partial charge in [-0.3, -0.25) is 4.79 Å². The number of phenolic OH excluding ortho intramolecular Hbond substituents is 1. The van der Waals surface area contributed by atoms with Crippen LogP contribution in [0.5, 0.6) is 5.75 Å². The first-order chi connectivity index (χ1) is 13.5. The average molecular weight is 381 g/mol. The maximum Gasteiger partial charge on any atom is 0.336 e. The van der Waals surface area contributed by atoms with E-state index in [4.69, 9.17) is 4.42 Å². The highest BCUT2D eigenvalue weighted by molar-refractivity contribution is 5.92. The fourth-order valence-electron chi connectivity index (χ4n) is 3.36. The first-order valence-corrected chi connectivity index (χ1v) is 9.41. The van der Waals surface area contributed by atoms with E-state index in [2.05, 4.69) is 12.2 Å². The molecule has 3 rings (SSSR count). The van der Waals surface area contributed by atoms with Crippen molar-refractivity contribution in [2.75, 3.05) is 18.4 Å². The lowest BCUT2D eigenvalue weighted by molar-refractivity contribution is -0.905. The Kier molecular flexibility index (Phi) is 6.11. The number of quaternary nitrogens is 1. The molecular weight excluding hydrogens is 356 g/mol. The topological polar surface area (TPSA) is 84.0 Å². The lowest BCUT2D eigenvalue weighted by Gasteiger charge is -2.19. The third-order valence-corrected chi connectivity index (χ3v) is 4.69. The van der Waals surface area contributed by atoms with Gasteiger partial charge in [-0.15, -0.1) is 0 Å². The van der Waals surface area contributed by atoms with Crippen LogP contribution in [-0.4, -0.2) is 24.1 Å². The van der Waals surface area contributed by atoms with Crippen LogP contribution in [0.4, 0.5) is 5.69 Å². The fraction of sp³-hybridized carbons (Fsp3) is 0.273. The predicted molar refractivity (Wildman–Crippen MR) is 109 cm³/mol. The van der Waals surface area contributed by atoms with Gasteiger partial charge >= 0.3 is 5.63 Å². The molecule has 6 heteroatoms. The number of benzene rings is 2. The molecule has 0 saturated carbocycles. The van der Waals surface area contributed by atoms with Crippen molar-refractivity contribution >= 4 is 22.6 Å². The zero-order valence-corrected chi connectivity index (χ0v) is 16.1. The largest absolute Gasteiger partial charge is 0.508 e. The number of carbonyl (C=O) groups excluding carboxylic acids is 1. The van der Waals surface area contributed by atoms with Crippen molar-refractivity contribution in [3.05, 3.63) is 70.1 Å². The van der Waals surface area contributed by atoms with Gasteiger partial charge < -0.3 is 19.7 Å². The third kappa shape index (κ3) is 4.78. The van der Waals surface area contributed by atoms with Gasteiger partial charge in [-0.05, 0) is 37.1 Å². The molecule has 6 nitrogen and oxygen atoms in total. The number of aryl methyl sites for hydroxylation is 1. The number of para-hydroxylation sites is 1. The molecule has 0 aliphatic rings. The van der Waals surface area contributed by atoms with Gasteiger partial charge in [0.25, 0.3) is 5.91 Å². The second-order valence-corrected chi connectivity index (χ2v) is 6.99. The van der Waals surface area contributed by atoms with E-state index in [1.165, 1.54) is 12.1 Å². The molecule has 1 atom stereocenters. The molecule has 1 heterocycles. The van der Waals surface area contributed by atoms with Gasteiger partial charge in [-0.1, -0.05) is 25.1 Å². The van der Waals surface area contributed by atoms with Crippen LogP contribution in [0, 0.1) is 6.92 Å². The van der Waals surface area contributed by atoms with Gasteiger partial charge in [0.2, 0.25) is 0 Å². The van der Waals surface area contributed by atoms with E-state index in [0.29, 0.717) is 18.7 Å². The zero-order chi connectivity index (χ0) is 20.1. The molecule has 3 N–H and O–H groups in total. The number of amides is 1. The molecule has 0 bridgehead atoms. The van der Waals surface area contributed by atoms with Crippen molar-refractivity contribution in [3.8, 4) is 5.75 Å². The van der Waals surface area contributed by atoms with Crippen LogP contribution in [0.1, 0.15) is 24.5 Å². The third-order valence-electron chi connectivity index (χ3n) is 4.69. The van der Waals surface area contributed by atoms with E-state index in [-0.39, 0.29) is 11.7 Å². The number of hydrogen-bond donors (Lipinski definition) is 3. The minimum atomic E-state index is -0.465. The standard InChI is InChI=1S/C22H24N2O4/c1-3-10-24(14-21(26)23-19-7-5-4-6-15(19)2)13-16-11-22(27)28-20-12-17(25)8-9-18(16)20/h4-9,11-12,25H,3,10,13-14H2,1-2H3,(H,23,26)/p+1. The Morgan fingerprint density at radius 1 is 1.18 bits per heavy atom. The van der Waals surface area contributed by atoms with Crippen molar-refractivity contribution in [2.24, 2.45) is 0 Å². The molecule has 0 radical (unpaired) electrons. The molecule has 146 valence electrons. The minimum Gasteiger partial charge on any atom is -0.508 e. The minimum absolute atomic E-state index is 0.0446. The van der Waals surface area contributed by atoms with Gasteiger partial charge in [-0.2, -0.15) is 0 Å². The summed E-state index contributed by atoms with van der Waals surface area (Å²) in [6.07, 6.45) is 0.910. The van der Waals surface area contributed by atoms with Crippen LogP contribution in [0.3, 0.4) is 0 Å². The van der Waals surface area contributed by atoms with Crippen LogP contribution in [0.2, 0.25) is 0 Å². The van der Waals surface area contributed by atoms with Gasteiger partial charge in [-0.25, -0.2) is 4.79 Å². The maximum absolute atomic E-state index is 12.6. The highest BCUT2D eigenvalue weighted by Crippen LogP contribution is 2.21. The SMILES string of the molecule is CCC[NH+](CC(=O)Nc1ccccc1C)Cc1cc(=O)oc2cc(O)ccc12. The smallest absolute Gasteiger partial charge is 0.336 e. The molecule has 1 amide bonds. The van der Waals surface area contributed by atoms with Crippen LogP contribution < -0.4 is 15.8 Å². The number of hydrogen-bond acceptors (Lipinski definition) is 4. The number of aromatic hydroxyl groups is 1. The Morgan fingerprint density at radius 2 is 1.96 bits per heavy atom. The molecule has 0 aliphatic heterocycles. The summed E-state index contributed by atoms with van der Waals surface area (Å²) >= 11 is 0. The summed E-state index contributed by atoms with van der Waals surface area (Å²) in [6, 6.07) is 13.9. The van der Waals surface area contributed by atoms with Crippen molar-refractivity contribution in [1.82, 2.24) is 0 Å². The summed E-state index contributed by atoms with van der Waals surface area (Å²) in [5.74, 6) is -0.0224. The number of rotatable bonds is 7. The lowest BCUT2D eigenvalue weighted by Crippen LogP contribution is -3.11. The molecule has 2 aromatic carbocycles. The second kappa shape index (κ2) is 8.71. The highest BCUT2D eigenvalue weighted by atomic mass is 16.4. The first kappa shape index (κ1) is 19.6. The fourth-order valence-corrected chi connectivity index (χ4v) is 3.36. The maximum atomic E-state index is 12.6. The van der Waals surface area contributed by atoms with E-state index in [0.717, 1.165) is 40.1 Å². The Morgan fingerprint density at radius 3 is 2.71 bits per heavy atom. The normalized spacial score (nSPS) is 12.1. The van der Waals surface area contributed by atoms with Crippen LogP contribution >= 0.6 is 0 Å². The van der Waals surface area contributed by atoms with E-state index < -0.39 is 5.63 Å². The van der Waals surface area contributed by atoms with Crippen molar-refractivity contribution in [3.63, 3.8) is 0 Å². The highest BCUT2D eigenvalue weighted by Gasteiger charge is 2.17. The van der Waals surface area contributed by atoms with Crippen molar-refractivity contribution < 1.29 is 19.2 Å². The molecule has 1 unspecified atom stereocenters. The number of anilines is 1. The average Bonchev–Trinajstić information content (AvgIpc) is 2.63. The summed E-state index contributed by atoms with van der Waals surface area (Å²) < 4.78 is 5.19. The summed E-state index contributed by atoms with van der Waals surface area (Å²) in [5, 5.41) is 13.4. The summed E-state index contributed by atoms with van der Waals surface area (Å²) in [7, 11) is 0. The van der Waals surface area contributed by atoms with E-state index in [1.54, 1.807) is 12.1 Å². The van der Waals surface area contributed by atoms with Crippen LogP contribution in [0.25, 0.3) is 11.0 Å². The number of phenols is 1. The summed E-state index contributed by atoms with van der Waals surface area (Å²) in [6.45, 7) is 5.62. The van der Waals surface area contributed by atoms with Crippen molar-refractivity contribution in [2.45, 2.75) is 26.8 Å². The summed E-state index contributed by atoms with van der Waals surface area (Å²) in [4.78, 5) is 25.5. The second-order valence-electron chi connectivity index (χ2n) is 6.99. The molecule has 0 aliphatic carbocycles. The Balaban J connectivity index is 1.80. The molecule has 0 spiro atoms. The molecule has 28 heavy (non-hydrogen) atoms. The summed E-state index contributed by atoms with van der Waals surface area (Å²) in [5.41, 5.74) is 2.51. The van der Waals surface area contributed by atoms with Crippen LogP contribution in [0.15, 0.2) is 57.7 Å². The van der Waals surface area contributed by atoms with E-state index in [9.17, 15) is 14.7 Å². The van der Waals surface area contributed by atoms with Gasteiger partial charge in [0.05, 0.1) is 6.54 Å². The molecule has 1 aromatic heterocycles.